The first-order valence-corrected chi connectivity index (χ1v) is 6.27. The van der Waals surface area contributed by atoms with Gasteiger partial charge in [0.25, 0.3) is 5.91 Å². The van der Waals surface area contributed by atoms with Crippen LogP contribution in [0.2, 0.25) is 0 Å². The van der Waals surface area contributed by atoms with Gasteiger partial charge in [0, 0.05) is 18.3 Å². The Balaban J connectivity index is 3.10. The zero-order valence-corrected chi connectivity index (χ0v) is 11.1. The minimum Gasteiger partial charge on any atom is -0.380 e. The minimum atomic E-state index is -4.51. The summed E-state index contributed by atoms with van der Waals surface area (Å²) in [4.78, 5) is 11.3. The third kappa shape index (κ3) is 4.12. The predicted molar refractivity (Wildman–Crippen MR) is 71.3 cm³/mol. The summed E-state index contributed by atoms with van der Waals surface area (Å²) in [5, 5.41) is 2.97. The number of primary amides is 1. The van der Waals surface area contributed by atoms with Crippen LogP contribution in [0.4, 0.5) is 18.9 Å². The van der Waals surface area contributed by atoms with Gasteiger partial charge in [0.2, 0.25) is 0 Å². The van der Waals surface area contributed by atoms with Gasteiger partial charge in [0.05, 0.1) is 11.1 Å². The molecule has 0 aliphatic rings. The van der Waals surface area contributed by atoms with E-state index in [-0.39, 0.29) is 17.3 Å². The van der Waals surface area contributed by atoms with E-state index in [0.717, 1.165) is 25.0 Å². The van der Waals surface area contributed by atoms with Crippen molar-refractivity contribution in [1.82, 2.24) is 0 Å². The van der Waals surface area contributed by atoms with Gasteiger partial charge in [-0.3, -0.25) is 4.79 Å². The normalized spacial score (nSPS) is 13.1. The number of nitrogens with two attached hydrogens (primary N) is 2. The highest BCUT2D eigenvalue weighted by molar-refractivity contribution is 5.98. The van der Waals surface area contributed by atoms with E-state index in [2.05, 4.69) is 5.32 Å². The number of halogens is 3. The van der Waals surface area contributed by atoms with Gasteiger partial charge in [-0.05, 0) is 24.6 Å². The average Bonchev–Trinajstić information content (AvgIpc) is 2.36. The topological polar surface area (TPSA) is 81.1 Å². The Bertz CT molecular complexity index is 474. The highest BCUT2D eigenvalue weighted by atomic mass is 19.4. The second kappa shape index (κ2) is 6.60. The number of hydrogen-bond acceptors (Lipinski definition) is 3. The second-order valence-corrected chi connectivity index (χ2v) is 4.49. The molecule has 1 atom stereocenters. The van der Waals surface area contributed by atoms with Crippen LogP contribution in [0.15, 0.2) is 18.2 Å². The van der Waals surface area contributed by atoms with Crippen molar-refractivity contribution in [3.63, 3.8) is 0 Å². The summed E-state index contributed by atoms with van der Waals surface area (Å²) in [5.74, 6) is -0.911. The van der Waals surface area contributed by atoms with Crippen molar-refractivity contribution in [3.8, 4) is 0 Å². The number of amides is 1. The lowest BCUT2D eigenvalue weighted by Gasteiger charge is -2.20. The van der Waals surface area contributed by atoms with Gasteiger partial charge in [-0.15, -0.1) is 0 Å². The molecule has 0 heterocycles. The highest BCUT2D eigenvalue weighted by Gasteiger charge is 2.31. The lowest BCUT2D eigenvalue weighted by Crippen LogP contribution is -2.30. The molecule has 5 N–H and O–H groups in total. The number of anilines is 1. The smallest absolute Gasteiger partial charge is 0.380 e. The molecule has 112 valence electrons. The summed E-state index contributed by atoms with van der Waals surface area (Å²) in [6.07, 6.45) is -2.91. The van der Waals surface area contributed by atoms with Crippen LogP contribution in [0.5, 0.6) is 0 Å². The van der Waals surface area contributed by atoms with Crippen LogP contribution in [0, 0.1) is 0 Å². The van der Waals surface area contributed by atoms with E-state index in [1.807, 2.05) is 6.92 Å². The van der Waals surface area contributed by atoms with Crippen molar-refractivity contribution in [3.05, 3.63) is 29.3 Å². The Hall–Kier alpha value is -1.76. The van der Waals surface area contributed by atoms with Crippen LogP contribution >= 0.6 is 0 Å². The summed E-state index contributed by atoms with van der Waals surface area (Å²) in [7, 11) is 0. The molecule has 0 fully saturated rings. The zero-order chi connectivity index (χ0) is 15.3. The fourth-order valence-electron chi connectivity index (χ4n) is 1.87. The Morgan fingerprint density at radius 1 is 1.40 bits per heavy atom. The fraction of sp³-hybridized carbons (Fsp3) is 0.462. The molecule has 20 heavy (non-hydrogen) atoms. The number of rotatable bonds is 6. The SMILES string of the molecule is CCCC(CN)Nc1ccc(C(F)(F)F)cc1C(N)=O. The van der Waals surface area contributed by atoms with Crippen LogP contribution in [-0.4, -0.2) is 18.5 Å². The monoisotopic (exact) mass is 289 g/mol. The van der Waals surface area contributed by atoms with Gasteiger partial charge in [-0.2, -0.15) is 13.2 Å². The molecule has 0 spiro atoms. The molecule has 0 aromatic heterocycles. The van der Waals surface area contributed by atoms with E-state index in [0.29, 0.717) is 6.54 Å². The molecule has 0 aliphatic carbocycles. The molecule has 0 saturated heterocycles. The van der Waals surface area contributed by atoms with E-state index in [1.54, 1.807) is 0 Å². The van der Waals surface area contributed by atoms with Gasteiger partial charge < -0.3 is 16.8 Å². The molecule has 0 aliphatic heterocycles. The van der Waals surface area contributed by atoms with Crippen LogP contribution < -0.4 is 16.8 Å². The molecule has 1 unspecified atom stereocenters. The maximum atomic E-state index is 12.6. The first-order valence-electron chi connectivity index (χ1n) is 6.27. The Labute approximate surface area is 115 Å². The summed E-state index contributed by atoms with van der Waals surface area (Å²) in [6.45, 7) is 2.28. The molecule has 1 amide bonds. The Kier molecular flexibility index (Phi) is 5.38. The van der Waals surface area contributed by atoms with E-state index < -0.39 is 17.6 Å². The van der Waals surface area contributed by atoms with Crippen molar-refractivity contribution in [1.29, 1.82) is 0 Å². The first-order chi connectivity index (χ1) is 9.29. The van der Waals surface area contributed by atoms with Crippen molar-refractivity contribution in [2.24, 2.45) is 11.5 Å². The number of carbonyl (C=O) groups excluding carboxylic acids is 1. The summed E-state index contributed by atoms with van der Waals surface area (Å²) in [6, 6.07) is 2.76. The number of benzene rings is 1. The molecule has 1 aromatic carbocycles. The van der Waals surface area contributed by atoms with E-state index in [1.165, 1.54) is 6.07 Å². The number of carbonyl (C=O) groups is 1. The highest BCUT2D eigenvalue weighted by Crippen LogP contribution is 2.32. The van der Waals surface area contributed by atoms with E-state index >= 15 is 0 Å². The Morgan fingerprint density at radius 2 is 2.05 bits per heavy atom. The molecular formula is C13H18F3N3O. The third-order valence-corrected chi connectivity index (χ3v) is 2.89. The summed E-state index contributed by atoms with van der Waals surface area (Å²) in [5.41, 5.74) is 9.89. The van der Waals surface area contributed by atoms with Gasteiger partial charge in [0.1, 0.15) is 0 Å². The molecular weight excluding hydrogens is 271 g/mol. The lowest BCUT2D eigenvalue weighted by atomic mass is 10.1. The van der Waals surface area contributed by atoms with E-state index in [9.17, 15) is 18.0 Å². The van der Waals surface area contributed by atoms with Gasteiger partial charge in [-0.25, -0.2) is 0 Å². The summed E-state index contributed by atoms with van der Waals surface area (Å²) >= 11 is 0. The number of alkyl halides is 3. The predicted octanol–water partition coefficient (Wildman–Crippen LogP) is 2.34. The van der Waals surface area contributed by atoms with Crippen molar-refractivity contribution < 1.29 is 18.0 Å². The van der Waals surface area contributed by atoms with Crippen LogP contribution in [0.3, 0.4) is 0 Å². The maximum absolute atomic E-state index is 12.6. The summed E-state index contributed by atoms with van der Waals surface area (Å²) < 4.78 is 37.9. The molecule has 0 bridgehead atoms. The quantitative estimate of drug-likeness (QED) is 0.752. The molecule has 1 aromatic rings. The lowest BCUT2D eigenvalue weighted by molar-refractivity contribution is -0.137. The third-order valence-electron chi connectivity index (χ3n) is 2.89. The average molecular weight is 289 g/mol. The van der Waals surface area contributed by atoms with E-state index in [4.69, 9.17) is 11.5 Å². The van der Waals surface area contributed by atoms with Crippen LogP contribution in [0.1, 0.15) is 35.7 Å². The molecule has 7 heteroatoms. The largest absolute Gasteiger partial charge is 0.416 e. The van der Waals surface area contributed by atoms with Crippen molar-refractivity contribution in [2.75, 3.05) is 11.9 Å². The van der Waals surface area contributed by atoms with Crippen LogP contribution in [0.25, 0.3) is 0 Å². The molecule has 0 saturated carbocycles. The van der Waals surface area contributed by atoms with Gasteiger partial charge in [-0.1, -0.05) is 13.3 Å². The second-order valence-electron chi connectivity index (χ2n) is 4.49. The Morgan fingerprint density at radius 3 is 2.50 bits per heavy atom. The fourth-order valence-corrected chi connectivity index (χ4v) is 1.87. The maximum Gasteiger partial charge on any atom is 0.416 e. The standard InChI is InChI=1S/C13H18F3N3O/c1-2-3-9(7-17)19-11-5-4-8(13(14,15)16)6-10(11)12(18)20/h4-6,9,19H,2-3,7,17H2,1H3,(H2,18,20). The number of nitrogens with one attached hydrogen (secondary N) is 1. The first kappa shape index (κ1) is 16.3. The number of hydrogen-bond donors (Lipinski definition) is 3. The van der Waals surface area contributed by atoms with Gasteiger partial charge >= 0.3 is 6.18 Å². The van der Waals surface area contributed by atoms with Crippen molar-refractivity contribution >= 4 is 11.6 Å². The minimum absolute atomic E-state index is 0.116. The molecule has 0 radical (unpaired) electrons. The van der Waals surface area contributed by atoms with Gasteiger partial charge in [0.15, 0.2) is 0 Å². The van der Waals surface area contributed by atoms with Crippen LogP contribution in [-0.2, 0) is 6.18 Å². The zero-order valence-electron chi connectivity index (χ0n) is 11.1. The molecule has 4 nitrogen and oxygen atoms in total. The van der Waals surface area contributed by atoms with Crippen molar-refractivity contribution in [2.45, 2.75) is 32.0 Å². The molecule has 1 rings (SSSR count).